The predicted octanol–water partition coefficient (Wildman–Crippen LogP) is 1.87. The van der Waals surface area contributed by atoms with Crippen molar-refractivity contribution in [1.82, 2.24) is 5.32 Å². The molecule has 1 saturated carbocycles. The Morgan fingerprint density at radius 3 is 2.96 bits per heavy atom. The van der Waals surface area contributed by atoms with Gasteiger partial charge >= 0.3 is 0 Å². The number of nitrogens with one attached hydrogen (secondary N) is 1. The summed E-state index contributed by atoms with van der Waals surface area (Å²) in [5.41, 5.74) is 5.93. The van der Waals surface area contributed by atoms with Crippen LogP contribution in [0.25, 0.3) is 0 Å². The lowest BCUT2D eigenvalue weighted by molar-refractivity contribution is -0.130. The minimum Gasteiger partial charge on any atom is -0.367 e. The Labute approximate surface area is 144 Å². The minimum atomic E-state index is -0.883. The molecule has 0 bridgehead atoms. The summed E-state index contributed by atoms with van der Waals surface area (Å²) in [4.78, 5) is 24.6. The molecular weight excluding hydrogens is 339 g/mol. The number of carbonyl (C=O) groups is 2. The molecule has 1 saturated heterocycles. The smallest absolute Gasteiger partial charge is 0.238 e. The number of amides is 1. The Kier molecular flexibility index (Phi) is 4.65. The van der Waals surface area contributed by atoms with Crippen molar-refractivity contribution in [3.05, 3.63) is 33.8 Å². The number of ketones is 1. The summed E-state index contributed by atoms with van der Waals surface area (Å²) in [6.07, 6.45) is 2.35. The van der Waals surface area contributed by atoms with Crippen LogP contribution < -0.4 is 11.1 Å². The van der Waals surface area contributed by atoms with Gasteiger partial charge in [0.1, 0.15) is 12.1 Å². The molecule has 0 aromatic heterocycles. The van der Waals surface area contributed by atoms with Gasteiger partial charge in [-0.2, -0.15) is 0 Å². The van der Waals surface area contributed by atoms with Crippen molar-refractivity contribution < 1.29 is 14.3 Å². The van der Waals surface area contributed by atoms with E-state index in [0.29, 0.717) is 22.9 Å². The molecule has 3 N–H and O–H groups in total. The van der Waals surface area contributed by atoms with Gasteiger partial charge in [-0.1, -0.05) is 29.3 Å². The number of halogens is 2. The van der Waals surface area contributed by atoms with Crippen LogP contribution in [0.5, 0.6) is 0 Å². The lowest BCUT2D eigenvalue weighted by Gasteiger charge is -2.28. The van der Waals surface area contributed by atoms with Gasteiger partial charge in [0.25, 0.3) is 0 Å². The lowest BCUT2D eigenvalue weighted by Crippen LogP contribution is -2.59. The number of benzene rings is 1. The molecule has 7 heteroatoms. The monoisotopic (exact) mass is 356 g/mol. The number of hydrogen-bond donors (Lipinski definition) is 2. The minimum absolute atomic E-state index is 0.0601. The SMILES string of the molecule is NC(Cc1ccc(Cl)c(Cl)c1)C(=O)NC12CCCC1OCC2=O. The van der Waals surface area contributed by atoms with Gasteiger partial charge in [0, 0.05) is 0 Å². The highest BCUT2D eigenvalue weighted by molar-refractivity contribution is 6.42. The van der Waals surface area contributed by atoms with Crippen LogP contribution in [-0.4, -0.2) is 36.0 Å². The third-order valence-electron chi connectivity index (χ3n) is 4.62. The summed E-state index contributed by atoms with van der Waals surface area (Å²) in [5.74, 6) is -0.406. The first-order valence-electron chi connectivity index (χ1n) is 7.59. The van der Waals surface area contributed by atoms with Crippen molar-refractivity contribution in [2.24, 2.45) is 5.73 Å². The molecule has 3 unspecified atom stereocenters. The molecule has 23 heavy (non-hydrogen) atoms. The molecule has 1 heterocycles. The van der Waals surface area contributed by atoms with E-state index in [0.717, 1.165) is 18.4 Å². The van der Waals surface area contributed by atoms with E-state index in [9.17, 15) is 9.59 Å². The molecule has 0 radical (unpaired) electrons. The summed E-state index contributed by atoms with van der Waals surface area (Å²) in [6, 6.07) is 4.37. The van der Waals surface area contributed by atoms with Gasteiger partial charge in [0.15, 0.2) is 5.78 Å². The third-order valence-corrected chi connectivity index (χ3v) is 5.36. The van der Waals surface area contributed by atoms with Crippen LogP contribution in [0.4, 0.5) is 0 Å². The second-order valence-corrected chi connectivity index (χ2v) is 6.95. The number of hydrogen-bond acceptors (Lipinski definition) is 4. The highest BCUT2D eigenvalue weighted by atomic mass is 35.5. The number of ether oxygens (including phenoxy) is 1. The standard InChI is InChI=1S/C16H18Cl2N2O3/c17-10-4-3-9(6-11(10)18)7-12(19)15(22)20-16-5-1-2-14(16)23-8-13(16)21/h3-4,6,12,14H,1-2,5,7-8,19H2,(H,20,22). The van der Waals surface area contributed by atoms with Gasteiger partial charge in [0.05, 0.1) is 22.2 Å². The molecule has 3 atom stereocenters. The van der Waals surface area contributed by atoms with E-state index in [1.165, 1.54) is 0 Å². The van der Waals surface area contributed by atoms with E-state index in [1.54, 1.807) is 18.2 Å². The number of rotatable bonds is 4. The Hall–Kier alpha value is -1.14. The summed E-state index contributed by atoms with van der Waals surface area (Å²) in [7, 11) is 0. The molecule has 2 fully saturated rings. The molecule has 1 aromatic rings. The molecule has 1 aliphatic heterocycles. The summed E-state index contributed by atoms with van der Waals surface area (Å²) in [5, 5.41) is 3.73. The second-order valence-electron chi connectivity index (χ2n) is 6.13. The third kappa shape index (κ3) is 3.11. The second kappa shape index (κ2) is 6.40. The van der Waals surface area contributed by atoms with Gasteiger partial charge in [-0.15, -0.1) is 0 Å². The Balaban J connectivity index is 1.68. The lowest BCUT2D eigenvalue weighted by atomic mass is 9.91. The number of nitrogens with two attached hydrogens (primary N) is 1. The maximum atomic E-state index is 12.4. The Morgan fingerprint density at radius 2 is 2.22 bits per heavy atom. The first-order valence-corrected chi connectivity index (χ1v) is 8.34. The molecule has 1 aromatic carbocycles. The van der Waals surface area contributed by atoms with E-state index >= 15 is 0 Å². The van der Waals surface area contributed by atoms with E-state index in [1.807, 2.05) is 0 Å². The van der Waals surface area contributed by atoms with Crippen molar-refractivity contribution in [3.63, 3.8) is 0 Å². The fourth-order valence-electron chi connectivity index (χ4n) is 3.36. The van der Waals surface area contributed by atoms with Crippen LogP contribution in [0, 0.1) is 0 Å². The maximum absolute atomic E-state index is 12.4. The fraction of sp³-hybridized carbons (Fsp3) is 0.500. The molecule has 124 valence electrons. The van der Waals surface area contributed by atoms with Crippen molar-refractivity contribution in [2.45, 2.75) is 43.4 Å². The van der Waals surface area contributed by atoms with Gasteiger partial charge in [0.2, 0.25) is 5.91 Å². The van der Waals surface area contributed by atoms with Gasteiger partial charge in [-0.05, 0) is 43.4 Å². The fourth-order valence-corrected chi connectivity index (χ4v) is 3.68. The van der Waals surface area contributed by atoms with E-state index in [-0.39, 0.29) is 24.4 Å². The zero-order chi connectivity index (χ0) is 16.6. The predicted molar refractivity (Wildman–Crippen MR) is 87.6 cm³/mol. The number of carbonyl (C=O) groups excluding carboxylic acids is 2. The number of fused-ring (bicyclic) bond motifs is 1. The van der Waals surface area contributed by atoms with E-state index < -0.39 is 11.6 Å². The van der Waals surface area contributed by atoms with Crippen LogP contribution in [0.15, 0.2) is 18.2 Å². The largest absolute Gasteiger partial charge is 0.367 e. The quantitative estimate of drug-likeness (QED) is 0.862. The van der Waals surface area contributed by atoms with Crippen LogP contribution in [0.1, 0.15) is 24.8 Å². The molecule has 5 nitrogen and oxygen atoms in total. The van der Waals surface area contributed by atoms with E-state index in [2.05, 4.69) is 5.32 Å². The van der Waals surface area contributed by atoms with Crippen LogP contribution in [0.2, 0.25) is 10.0 Å². The first kappa shape index (κ1) is 16.7. The highest BCUT2D eigenvalue weighted by Crippen LogP contribution is 2.37. The molecule has 1 aliphatic carbocycles. The van der Waals surface area contributed by atoms with Crippen molar-refractivity contribution >= 4 is 34.9 Å². The summed E-state index contributed by atoms with van der Waals surface area (Å²) in [6.45, 7) is 0.0625. The molecule has 1 amide bonds. The highest BCUT2D eigenvalue weighted by Gasteiger charge is 2.55. The van der Waals surface area contributed by atoms with Gasteiger partial charge < -0.3 is 15.8 Å². The zero-order valence-electron chi connectivity index (χ0n) is 12.5. The summed E-state index contributed by atoms with van der Waals surface area (Å²) >= 11 is 11.8. The Bertz CT molecular complexity index is 652. The topological polar surface area (TPSA) is 81.4 Å². The summed E-state index contributed by atoms with van der Waals surface area (Å²) < 4.78 is 5.48. The number of Topliss-reactive ketones (excluding diaryl/α,β-unsaturated/α-hetero) is 1. The van der Waals surface area contributed by atoms with E-state index in [4.69, 9.17) is 33.7 Å². The zero-order valence-corrected chi connectivity index (χ0v) is 14.0. The Morgan fingerprint density at radius 1 is 1.43 bits per heavy atom. The molecular formula is C16H18Cl2N2O3. The van der Waals surface area contributed by atoms with Crippen molar-refractivity contribution in [2.75, 3.05) is 6.61 Å². The van der Waals surface area contributed by atoms with Crippen LogP contribution >= 0.6 is 23.2 Å². The van der Waals surface area contributed by atoms with Gasteiger partial charge in [-0.25, -0.2) is 0 Å². The average molecular weight is 357 g/mol. The maximum Gasteiger partial charge on any atom is 0.238 e. The molecule has 0 spiro atoms. The van der Waals surface area contributed by atoms with Crippen LogP contribution in [-0.2, 0) is 20.7 Å². The van der Waals surface area contributed by atoms with Gasteiger partial charge in [-0.3, -0.25) is 9.59 Å². The molecule has 2 aliphatic rings. The average Bonchev–Trinajstić information content (AvgIpc) is 3.03. The first-order chi connectivity index (χ1) is 10.9. The normalized spacial score (nSPS) is 27.8. The van der Waals surface area contributed by atoms with Crippen molar-refractivity contribution in [1.29, 1.82) is 0 Å². The van der Waals surface area contributed by atoms with Crippen molar-refractivity contribution in [3.8, 4) is 0 Å². The van der Waals surface area contributed by atoms with Crippen LogP contribution in [0.3, 0.4) is 0 Å². The molecule has 3 rings (SSSR count).